The molecular weight excluding hydrogens is 323 g/mol. The Bertz CT molecular complexity index is 553. The van der Waals surface area contributed by atoms with Crippen LogP contribution in [-0.2, 0) is 10.9 Å². The van der Waals surface area contributed by atoms with Crippen molar-refractivity contribution in [3.8, 4) is 0 Å². The molecule has 1 aliphatic rings. The average Bonchev–Trinajstić information content (AvgIpc) is 2.54. The van der Waals surface area contributed by atoms with E-state index in [-0.39, 0.29) is 5.54 Å². The van der Waals surface area contributed by atoms with Gasteiger partial charge in [-0.3, -0.25) is 4.90 Å². The first kappa shape index (κ1) is 18.5. The normalized spacial score (nSPS) is 16.7. The van der Waals surface area contributed by atoms with Gasteiger partial charge in [-0.15, -0.1) is 0 Å². The van der Waals surface area contributed by atoms with Crippen LogP contribution in [0.4, 0.5) is 23.7 Å². The van der Waals surface area contributed by atoms with Gasteiger partial charge in [0.05, 0.1) is 18.8 Å². The lowest BCUT2D eigenvalue weighted by atomic mass is 10.0. The van der Waals surface area contributed by atoms with E-state index in [1.165, 1.54) is 12.1 Å². The van der Waals surface area contributed by atoms with Crippen molar-refractivity contribution >= 4 is 11.7 Å². The van der Waals surface area contributed by atoms with Crippen LogP contribution < -0.4 is 10.6 Å². The van der Waals surface area contributed by atoms with Gasteiger partial charge in [-0.25, -0.2) is 4.79 Å². The second kappa shape index (κ2) is 7.40. The number of morpholine rings is 1. The van der Waals surface area contributed by atoms with Gasteiger partial charge < -0.3 is 15.4 Å². The predicted octanol–water partition coefficient (Wildman–Crippen LogP) is 2.94. The summed E-state index contributed by atoms with van der Waals surface area (Å²) in [5.41, 5.74) is -0.673. The van der Waals surface area contributed by atoms with Gasteiger partial charge in [-0.2, -0.15) is 13.2 Å². The first-order chi connectivity index (χ1) is 11.2. The fraction of sp³-hybridized carbons (Fsp3) is 0.562. The summed E-state index contributed by atoms with van der Waals surface area (Å²) in [7, 11) is 0. The molecule has 0 spiro atoms. The highest BCUT2D eigenvalue weighted by molar-refractivity contribution is 5.89. The third kappa shape index (κ3) is 5.10. The Balaban J connectivity index is 1.84. The van der Waals surface area contributed by atoms with E-state index in [9.17, 15) is 18.0 Å². The first-order valence-electron chi connectivity index (χ1n) is 7.73. The molecule has 2 rings (SSSR count). The molecule has 0 radical (unpaired) electrons. The van der Waals surface area contributed by atoms with Gasteiger partial charge in [0, 0.05) is 30.9 Å². The van der Waals surface area contributed by atoms with E-state index in [0.717, 1.165) is 25.2 Å². The van der Waals surface area contributed by atoms with Crippen molar-refractivity contribution in [2.45, 2.75) is 25.6 Å². The number of halogens is 3. The largest absolute Gasteiger partial charge is 0.416 e. The molecule has 134 valence electrons. The molecule has 1 saturated heterocycles. The van der Waals surface area contributed by atoms with Gasteiger partial charge >= 0.3 is 12.2 Å². The standard InChI is InChI=1S/C16H22F3N3O2/c1-15(2,22-7-9-24-10-8-22)11-20-14(23)21-13-5-3-12(4-6-13)16(17,18)19/h3-6H,7-11H2,1-2H3,(H2,20,21,23). The van der Waals surface area contributed by atoms with Crippen LogP contribution >= 0.6 is 0 Å². The summed E-state index contributed by atoms with van der Waals surface area (Å²) in [6.07, 6.45) is -4.39. The molecule has 1 fully saturated rings. The van der Waals surface area contributed by atoms with E-state index in [4.69, 9.17) is 4.74 Å². The number of benzene rings is 1. The molecule has 2 N–H and O–H groups in total. The Labute approximate surface area is 139 Å². The molecule has 1 aliphatic heterocycles. The number of nitrogens with one attached hydrogen (secondary N) is 2. The Hall–Kier alpha value is -1.80. The minimum Gasteiger partial charge on any atom is -0.379 e. The minimum atomic E-state index is -4.39. The van der Waals surface area contributed by atoms with Crippen LogP contribution in [0.25, 0.3) is 0 Å². The average molecular weight is 345 g/mol. The fourth-order valence-electron chi connectivity index (χ4n) is 2.49. The molecule has 1 aromatic rings. The topological polar surface area (TPSA) is 53.6 Å². The zero-order chi connectivity index (χ0) is 17.8. The summed E-state index contributed by atoms with van der Waals surface area (Å²) in [6, 6.07) is 3.89. The van der Waals surface area contributed by atoms with Gasteiger partial charge in [0.25, 0.3) is 0 Å². The molecule has 2 amide bonds. The van der Waals surface area contributed by atoms with E-state index in [1.54, 1.807) is 0 Å². The number of carbonyl (C=O) groups excluding carboxylic acids is 1. The molecule has 0 aromatic heterocycles. The number of anilines is 1. The van der Waals surface area contributed by atoms with Crippen LogP contribution in [-0.4, -0.2) is 49.3 Å². The smallest absolute Gasteiger partial charge is 0.379 e. The maximum atomic E-state index is 12.5. The highest BCUT2D eigenvalue weighted by Crippen LogP contribution is 2.29. The maximum Gasteiger partial charge on any atom is 0.416 e. The van der Waals surface area contributed by atoms with Gasteiger partial charge in [0.1, 0.15) is 0 Å². The Morgan fingerprint density at radius 2 is 1.75 bits per heavy atom. The Morgan fingerprint density at radius 3 is 2.29 bits per heavy atom. The number of amides is 2. The van der Waals surface area contributed by atoms with Crippen molar-refractivity contribution in [3.63, 3.8) is 0 Å². The highest BCUT2D eigenvalue weighted by Gasteiger charge is 2.30. The Kier molecular flexibility index (Phi) is 5.71. The van der Waals surface area contributed by atoms with E-state index < -0.39 is 17.8 Å². The summed E-state index contributed by atoms with van der Waals surface area (Å²) in [5.74, 6) is 0. The summed E-state index contributed by atoms with van der Waals surface area (Å²) >= 11 is 0. The lowest BCUT2D eigenvalue weighted by Gasteiger charge is -2.40. The molecule has 0 saturated carbocycles. The first-order valence-corrected chi connectivity index (χ1v) is 7.73. The molecule has 1 aromatic carbocycles. The molecule has 0 atom stereocenters. The molecule has 0 unspecified atom stereocenters. The Morgan fingerprint density at radius 1 is 1.17 bits per heavy atom. The van der Waals surface area contributed by atoms with Crippen molar-refractivity contribution in [2.75, 3.05) is 38.2 Å². The van der Waals surface area contributed by atoms with Crippen LogP contribution in [0.15, 0.2) is 24.3 Å². The molecule has 5 nitrogen and oxygen atoms in total. The van der Waals surface area contributed by atoms with Crippen LogP contribution in [0.2, 0.25) is 0 Å². The van der Waals surface area contributed by atoms with E-state index >= 15 is 0 Å². The second-order valence-corrected chi connectivity index (χ2v) is 6.29. The zero-order valence-corrected chi connectivity index (χ0v) is 13.7. The molecule has 24 heavy (non-hydrogen) atoms. The van der Waals surface area contributed by atoms with Crippen molar-refractivity contribution in [1.82, 2.24) is 10.2 Å². The second-order valence-electron chi connectivity index (χ2n) is 6.29. The molecule has 1 heterocycles. The van der Waals surface area contributed by atoms with E-state index in [1.807, 2.05) is 13.8 Å². The maximum absolute atomic E-state index is 12.5. The zero-order valence-electron chi connectivity index (χ0n) is 13.7. The summed E-state index contributed by atoms with van der Waals surface area (Å²) in [6.45, 7) is 7.40. The van der Waals surface area contributed by atoms with Crippen LogP contribution in [0.1, 0.15) is 19.4 Å². The van der Waals surface area contributed by atoms with Gasteiger partial charge in [0.2, 0.25) is 0 Å². The number of carbonyl (C=O) groups is 1. The number of nitrogens with zero attached hydrogens (tertiary/aromatic N) is 1. The molecule has 0 aliphatic carbocycles. The van der Waals surface area contributed by atoms with E-state index in [2.05, 4.69) is 15.5 Å². The number of hydrogen-bond acceptors (Lipinski definition) is 3. The molecule has 0 bridgehead atoms. The number of urea groups is 1. The SMILES string of the molecule is CC(C)(CNC(=O)Nc1ccc(C(F)(F)F)cc1)N1CCOCC1. The van der Waals surface area contributed by atoms with Gasteiger partial charge in [-0.1, -0.05) is 0 Å². The van der Waals surface area contributed by atoms with Crippen LogP contribution in [0, 0.1) is 0 Å². The predicted molar refractivity (Wildman–Crippen MR) is 84.9 cm³/mol. The number of alkyl halides is 3. The van der Waals surface area contributed by atoms with Crippen LogP contribution in [0.3, 0.4) is 0 Å². The third-order valence-electron chi connectivity index (χ3n) is 4.02. The fourth-order valence-corrected chi connectivity index (χ4v) is 2.49. The number of hydrogen-bond donors (Lipinski definition) is 2. The van der Waals surface area contributed by atoms with Gasteiger partial charge in [0.15, 0.2) is 0 Å². The summed E-state index contributed by atoms with van der Waals surface area (Å²) in [5, 5.41) is 5.29. The van der Waals surface area contributed by atoms with Crippen molar-refractivity contribution < 1.29 is 22.7 Å². The quantitative estimate of drug-likeness (QED) is 0.882. The van der Waals surface area contributed by atoms with Crippen molar-refractivity contribution in [1.29, 1.82) is 0 Å². The molecular formula is C16H22F3N3O2. The van der Waals surface area contributed by atoms with Crippen molar-refractivity contribution in [3.05, 3.63) is 29.8 Å². The summed E-state index contributed by atoms with van der Waals surface area (Å²) in [4.78, 5) is 14.2. The van der Waals surface area contributed by atoms with E-state index in [0.29, 0.717) is 25.4 Å². The van der Waals surface area contributed by atoms with Gasteiger partial charge in [-0.05, 0) is 38.1 Å². The summed E-state index contributed by atoms with van der Waals surface area (Å²) < 4.78 is 42.8. The van der Waals surface area contributed by atoms with Crippen molar-refractivity contribution in [2.24, 2.45) is 0 Å². The minimum absolute atomic E-state index is 0.235. The lowest BCUT2D eigenvalue weighted by Crippen LogP contribution is -2.55. The number of ether oxygens (including phenoxy) is 1. The monoisotopic (exact) mass is 345 g/mol. The highest BCUT2D eigenvalue weighted by atomic mass is 19.4. The van der Waals surface area contributed by atoms with Crippen LogP contribution in [0.5, 0.6) is 0 Å². The third-order valence-corrected chi connectivity index (χ3v) is 4.02. The number of rotatable bonds is 4. The lowest BCUT2D eigenvalue weighted by molar-refractivity contribution is -0.137. The molecule has 8 heteroatoms.